The van der Waals surface area contributed by atoms with Gasteiger partial charge in [-0.25, -0.2) is 4.98 Å². The quantitative estimate of drug-likeness (QED) is 0.579. The van der Waals surface area contributed by atoms with Crippen molar-refractivity contribution < 1.29 is 0 Å². The minimum Gasteiger partial charge on any atom is -0.365 e. The van der Waals surface area contributed by atoms with Crippen LogP contribution in [0.15, 0.2) is 60.9 Å². The zero-order chi connectivity index (χ0) is 19.2. The third-order valence-electron chi connectivity index (χ3n) is 5.75. The number of benzene rings is 2. The number of hydrogen-bond donors (Lipinski definition) is 1. The molecule has 2 aliphatic rings. The summed E-state index contributed by atoms with van der Waals surface area (Å²) in [7, 11) is 0. The fourth-order valence-corrected chi connectivity index (χ4v) is 4.00. The Morgan fingerprint density at radius 3 is 2.52 bits per heavy atom. The molecule has 0 unspecified atom stereocenters. The topological polar surface area (TPSA) is 58.9 Å². The van der Waals surface area contributed by atoms with Gasteiger partial charge in [-0.3, -0.25) is 4.57 Å². The minimum atomic E-state index is 0.505. The molecular formula is C23H22N6. The van der Waals surface area contributed by atoms with E-state index in [1.54, 1.807) is 0 Å². The lowest BCUT2D eigenvalue weighted by Gasteiger charge is -2.29. The first-order valence-electron chi connectivity index (χ1n) is 10.2. The van der Waals surface area contributed by atoms with E-state index in [1.165, 1.54) is 24.0 Å². The predicted molar refractivity (Wildman–Crippen MR) is 115 cm³/mol. The zero-order valence-corrected chi connectivity index (χ0v) is 16.1. The summed E-state index contributed by atoms with van der Waals surface area (Å²) in [6.45, 7) is 1.76. The van der Waals surface area contributed by atoms with Crippen molar-refractivity contribution in [1.29, 1.82) is 0 Å². The van der Waals surface area contributed by atoms with Crippen molar-refractivity contribution in [3.8, 4) is 5.69 Å². The first-order chi connectivity index (χ1) is 14.3. The molecule has 6 nitrogen and oxygen atoms in total. The molecule has 6 rings (SSSR count). The highest BCUT2D eigenvalue weighted by atomic mass is 15.3. The maximum Gasteiger partial charge on any atom is 0.229 e. The molecule has 6 heteroatoms. The lowest BCUT2D eigenvalue weighted by Crippen LogP contribution is -2.32. The van der Waals surface area contributed by atoms with Crippen molar-refractivity contribution in [2.24, 2.45) is 0 Å². The van der Waals surface area contributed by atoms with Gasteiger partial charge in [-0.1, -0.05) is 42.5 Å². The third kappa shape index (κ3) is 3.01. The van der Waals surface area contributed by atoms with Crippen LogP contribution in [0.1, 0.15) is 24.0 Å². The fraction of sp³-hybridized carbons (Fsp3) is 0.261. The van der Waals surface area contributed by atoms with Crippen LogP contribution < -0.4 is 10.2 Å². The highest BCUT2D eigenvalue weighted by Gasteiger charge is 2.26. The van der Waals surface area contributed by atoms with E-state index >= 15 is 0 Å². The van der Waals surface area contributed by atoms with E-state index in [-0.39, 0.29) is 0 Å². The number of nitrogens with one attached hydrogen (secondary N) is 1. The highest BCUT2D eigenvalue weighted by molar-refractivity contribution is 5.86. The van der Waals surface area contributed by atoms with E-state index in [2.05, 4.69) is 56.2 Å². The number of rotatable bonds is 4. The maximum atomic E-state index is 4.97. The number of anilines is 2. The second-order valence-corrected chi connectivity index (χ2v) is 7.85. The molecule has 2 aromatic carbocycles. The number of nitrogens with zero attached hydrogens (tertiary/aromatic N) is 5. The molecule has 1 fully saturated rings. The van der Waals surface area contributed by atoms with Gasteiger partial charge in [-0.05, 0) is 42.5 Å². The molecule has 0 atom stereocenters. The minimum absolute atomic E-state index is 0.505. The summed E-state index contributed by atoms with van der Waals surface area (Å²) in [6.07, 6.45) is 5.25. The number of hydrogen-bond acceptors (Lipinski definition) is 5. The van der Waals surface area contributed by atoms with Crippen LogP contribution in [-0.4, -0.2) is 32.1 Å². The van der Waals surface area contributed by atoms with Crippen molar-refractivity contribution in [3.05, 3.63) is 72.1 Å². The summed E-state index contributed by atoms with van der Waals surface area (Å²) in [4.78, 5) is 16.8. The monoisotopic (exact) mass is 382 g/mol. The Morgan fingerprint density at radius 2 is 1.69 bits per heavy atom. The standard InChI is InChI=1S/C23H22N6/c1-2-8-19(9-3-1)29-15-24-20-21(25-18-10-11-18)26-23(27-22(20)29)28-13-12-16-6-4-5-7-17(16)14-28/h1-9,15,18H,10-14H2,(H,25,26,27). The van der Waals surface area contributed by atoms with Gasteiger partial charge in [-0.15, -0.1) is 0 Å². The van der Waals surface area contributed by atoms with Gasteiger partial charge in [0.15, 0.2) is 17.0 Å². The Kier molecular flexibility index (Phi) is 3.75. The van der Waals surface area contributed by atoms with Crippen LogP contribution in [0.25, 0.3) is 16.9 Å². The van der Waals surface area contributed by atoms with Crippen LogP contribution >= 0.6 is 0 Å². The van der Waals surface area contributed by atoms with Crippen LogP contribution in [0.3, 0.4) is 0 Å². The van der Waals surface area contributed by atoms with Crippen LogP contribution in [0.5, 0.6) is 0 Å². The normalized spacial score (nSPS) is 16.1. The molecule has 1 aliphatic carbocycles. The molecule has 0 saturated heterocycles. The van der Waals surface area contributed by atoms with Crippen LogP contribution in [0, 0.1) is 0 Å². The average molecular weight is 382 g/mol. The Morgan fingerprint density at radius 1 is 0.897 bits per heavy atom. The van der Waals surface area contributed by atoms with Crippen molar-refractivity contribution in [3.63, 3.8) is 0 Å². The Hall–Kier alpha value is -3.41. The van der Waals surface area contributed by atoms with Gasteiger partial charge in [0.05, 0.1) is 0 Å². The molecule has 1 aliphatic heterocycles. The molecule has 0 amide bonds. The summed E-state index contributed by atoms with van der Waals surface area (Å²) in [5.41, 5.74) is 5.53. The molecular weight excluding hydrogens is 360 g/mol. The van der Waals surface area contributed by atoms with Gasteiger partial charge in [-0.2, -0.15) is 9.97 Å². The summed E-state index contributed by atoms with van der Waals surface area (Å²) in [6, 6.07) is 19.4. The largest absolute Gasteiger partial charge is 0.365 e. The van der Waals surface area contributed by atoms with Crippen LogP contribution in [-0.2, 0) is 13.0 Å². The van der Waals surface area contributed by atoms with Crippen molar-refractivity contribution in [2.75, 3.05) is 16.8 Å². The molecule has 1 saturated carbocycles. The van der Waals surface area contributed by atoms with Gasteiger partial charge in [0, 0.05) is 24.8 Å². The molecule has 0 spiro atoms. The van der Waals surface area contributed by atoms with Crippen LogP contribution in [0.4, 0.5) is 11.8 Å². The highest BCUT2D eigenvalue weighted by Crippen LogP contribution is 2.31. The summed E-state index contributed by atoms with van der Waals surface area (Å²) < 4.78 is 2.05. The SMILES string of the molecule is c1ccc(-n2cnc3c(NC4CC4)nc(N4CCc5ccccc5C4)nc32)cc1. The van der Waals surface area contributed by atoms with Crippen molar-refractivity contribution in [1.82, 2.24) is 19.5 Å². The van der Waals surface area contributed by atoms with E-state index in [4.69, 9.17) is 9.97 Å². The molecule has 2 aromatic heterocycles. The van der Waals surface area contributed by atoms with E-state index in [9.17, 15) is 0 Å². The Balaban J connectivity index is 1.46. The molecule has 4 aromatic rings. The van der Waals surface area contributed by atoms with Gasteiger partial charge in [0.25, 0.3) is 0 Å². The smallest absolute Gasteiger partial charge is 0.229 e. The van der Waals surface area contributed by atoms with Gasteiger partial charge in [0.1, 0.15) is 6.33 Å². The summed E-state index contributed by atoms with van der Waals surface area (Å²) in [5.74, 6) is 1.62. The number of imidazole rings is 1. The first kappa shape index (κ1) is 16.5. The van der Waals surface area contributed by atoms with Crippen molar-refractivity contribution >= 4 is 22.9 Å². The van der Waals surface area contributed by atoms with E-state index in [0.717, 1.165) is 48.1 Å². The molecule has 144 valence electrons. The Labute approximate surface area is 169 Å². The average Bonchev–Trinajstić information content (AvgIpc) is 3.49. The van der Waals surface area contributed by atoms with E-state index < -0.39 is 0 Å². The zero-order valence-electron chi connectivity index (χ0n) is 16.1. The van der Waals surface area contributed by atoms with Gasteiger partial charge in [0.2, 0.25) is 5.95 Å². The number of aromatic nitrogens is 4. The number of para-hydroxylation sites is 1. The van der Waals surface area contributed by atoms with Gasteiger partial charge >= 0.3 is 0 Å². The second-order valence-electron chi connectivity index (χ2n) is 7.85. The van der Waals surface area contributed by atoms with E-state index in [0.29, 0.717) is 6.04 Å². The van der Waals surface area contributed by atoms with Crippen LogP contribution in [0.2, 0.25) is 0 Å². The maximum absolute atomic E-state index is 4.97. The fourth-order valence-electron chi connectivity index (χ4n) is 4.00. The summed E-state index contributed by atoms with van der Waals surface area (Å²) >= 11 is 0. The van der Waals surface area contributed by atoms with Crippen molar-refractivity contribution in [2.45, 2.75) is 31.8 Å². The lowest BCUT2D eigenvalue weighted by atomic mass is 10.0. The Bertz CT molecular complexity index is 1180. The molecule has 1 N–H and O–H groups in total. The molecule has 0 radical (unpaired) electrons. The molecule has 0 bridgehead atoms. The molecule has 29 heavy (non-hydrogen) atoms. The third-order valence-corrected chi connectivity index (χ3v) is 5.75. The first-order valence-corrected chi connectivity index (χ1v) is 10.2. The number of fused-ring (bicyclic) bond motifs is 2. The predicted octanol–water partition coefficient (Wildman–Crippen LogP) is 3.95. The second kappa shape index (κ2) is 6.58. The lowest BCUT2D eigenvalue weighted by molar-refractivity contribution is 0.709. The van der Waals surface area contributed by atoms with Gasteiger partial charge < -0.3 is 10.2 Å². The summed E-state index contributed by atoms with van der Waals surface area (Å²) in [5, 5.41) is 3.57. The van der Waals surface area contributed by atoms with E-state index in [1.807, 2.05) is 24.5 Å². The molecule has 3 heterocycles.